The van der Waals surface area contributed by atoms with Crippen molar-refractivity contribution in [3.63, 3.8) is 0 Å². The zero-order chi connectivity index (χ0) is 10.7. The molecule has 2 heterocycles. The van der Waals surface area contributed by atoms with Crippen LogP contribution in [0, 0.1) is 5.92 Å². The number of carbonyl (C=O) groups is 1. The first kappa shape index (κ1) is 10.9. The summed E-state index contributed by atoms with van der Waals surface area (Å²) < 4.78 is 5.40. The summed E-state index contributed by atoms with van der Waals surface area (Å²) >= 11 is 0. The molecule has 2 unspecified atom stereocenters. The van der Waals surface area contributed by atoms with E-state index in [4.69, 9.17) is 4.74 Å². The predicted molar refractivity (Wildman–Crippen MR) is 57.6 cm³/mol. The highest BCUT2D eigenvalue weighted by molar-refractivity contribution is 5.79. The molecule has 0 bridgehead atoms. The Hall–Kier alpha value is -0.610. The molecular weight excluding hydrogens is 192 g/mol. The fourth-order valence-electron chi connectivity index (χ4n) is 2.35. The highest BCUT2D eigenvalue weighted by Crippen LogP contribution is 2.20. The van der Waals surface area contributed by atoms with Crippen molar-refractivity contribution in [2.24, 2.45) is 5.92 Å². The smallest absolute Gasteiger partial charge is 0.226 e. The number of piperidine rings is 1. The Morgan fingerprint density at radius 2 is 2.07 bits per heavy atom. The van der Waals surface area contributed by atoms with Crippen molar-refractivity contribution < 1.29 is 9.53 Å². The number of hydrogen-bond donors (Lipinski definition) is 2. The third-order valence-corrected chi connectivity index (χ3v) is 3.40. The lowest BCUT2D eigenvalue weighted by Gasteiger charge is -2.25. The molecule has 2 aliphatic heterocycles. The molecule has 2 saturated heterocycles. The van der Waals surface area contributed by atoms with Crippen LogP contribution < -0.4 is 10.6 Å². The molecule has 4 nitrogen and oxygen atoms in total. The number of carbonyl (C=O) groups excluding carboxylic acids is 1. The molecule has 0 aromatic heterocycles. The van der Waals surface area contributed by atoms with Crippen molar-refractivity contribution in [3.8, 4) is 0 Å². The molecule has 2 rings (SSSR count). The normalized spacial score (nSPS) is 32.9. The van der Waals surface area contributed by atoms with Crippen LogP contribution in [0.25, 0.3) is 0 Å². The quantitative estimate of drug-likeness (QED) is 0.691. The predicted octanol–water partition coefficient (Wildman–Crippen LogP) is 0.280. The number of nitrogens with one attached hydrogen (secondary N) is 2. The molecule has 0 spiro atoms. The Labute approximate surface area is 90.8 Å². The summed E-state index contributed by atoms with van der Waals surface area (Å²) in [5.41, 5.74) is 0. The van der Waals surface area contributed by atoms with Crippen molar-refractivity contribution in [1.29, 1.82) is 0 Å². The van der Waals surface area contributed by atoms with E-state index in [1.54, 1.807) is 0 Å². The van der Waals surface area contributed by atoms with Gasteiger partial charge in [0.05, 0.1) is 12.0 Å². The van der Waals surface area contributed by atoms with E-state index in [0.29, 0.717) is 6.04 Å². The highest BCUT2D eigenvalue weighted by Gasteiger charge is 2.31. The first-order chi connectivity index (χ1) is 7.27. The van der Waals surface area contributed by atoms with Crippen molar-refractivity contribution >= 4 is 5.91 Å². The fraction of sp³-hybridized carbons (Fsp3) is 0.909. The van der Waals surface area contributed by atoms with Gasteiger partial charge in [-0.05, 0) is 39.3 Å². The summed E-state index contributed by atoms with van der Waals surface area (Å²) in [5.74, 6) is 0.256. The third kappa shape index (κ3) is 2.69. The van der Waals surface area contributed by atoms with Gasteiger partial charge in [0, 0.05) is 12.6 Å². The van der Waals surface area contributed by atoms with Gasteiger partial charge in [-0.2, -0.15) is 0 Å². The van der Waals surface area contributed by atoms with Gasteiger partial charge in [0.25, 0.3) is 0 Å². The lowest BCUT2D eigenvalue weighted by molar-refractivity contribution is -0.127. The lowest BCUT2D eigenvalue weighted by atomic mass is 10.00. The largest absolute Gasteiger partial charge is 0.378 e. The molecule has 0 aromatic carbocycles. The van der Waals surface area contributed by atoms with E-state index < -0.39 is 0 Å². The van der Waals surface area contributed by atoms with Crippen LogP contribution in [0.2, 0.25) is 0 Å². The minimum atomic E-state index is 0.0693. The van der Waals surface area contributed by atoms with E-state index in [2.05, 4.69) is 10.6 Å². The summed E-state index contributed by atoms with van der Waals surface area (Å²) in [6.45, 7) is 4.74. The average molecular weight is 212 g/mol. The van der Waals surface area contributed by atoms with Crippen molar-refractivity contribution in [1.82, 2.24) is 10.6 Å². The van der Waals surface area contributed by atoms with E-state index >= 15 is 0 Å². The van der Waals surface area contributed by atoms with Crippen LogP contribution >= 0.6 is 0 Å². The van der Waals surface area contributed by atoms with Gasteiger partial charge in [0.2, 0.25) is 5.91 Å². The number of hydrogen-bond acceptors (Lipinski definition) is 3. The second kappa shape index (κ2) is 4.94. The summed E-state index contributed by atoms with van der Waals surface area (Å²) in [6, 6.07) is 0.367. The van der Waals surface area contributed by atoms with E-state index in [9.17, 15) is 4.79 Å². The van der Waals surface area contributed by atoms with Crippen molar-refractivity contribution in [2.75, 3.05) is 19.7 Å². The van der Waals surface area contributed by atoms with Gasteiger partial charge >= 0.3 is 0 Å². The summed E-state index contributed by atoms with van der Waals surface area (Å²) in [4.78, 5) is 11.9. The van der Waals surface area contributed by atoms with Crippen molar-refractivity contribution in [2.45, 2.75) is 38.3 Å². The maximum Gasteiger partial charge on any atom is 0.226 e. The number of amides is 1. The van der Waals surface area contributed by atoms with Crippen LogP contribution in [0.15, 0.2) is 0 Å². The SMILES string of the molecule is CC1OCCC1C(=O)NC1CCNCC1. The van der Waals surface area contributed by atoms with Gasteiger partial charge in [0.1, 0.15) is 0 Å². The molecule has 0 radical (unpaired) electrons. The topological polar surface area (TPSA) is 50.4 Å². The lowest BCUT2D eigenvalue weighted by Crippen LogP contribution is -2.45. The second-order valence-corrected chi connectivity index (χ2v) is 4.50. The highest BCUT2D eigenvalue weighted by atomic mass is 16.5. The molecule has 2 N–H and O–H groups in total. The average Bonchev–Trinajstić information content (AvgIpc) is 2.66. The Morgan fingerprint density at radius 1 is 1.33 bits per heavy atom. The van der Waals surface area contributed by atoms with Crippen LogP contribution in [0.3, 0.4) is 0 Å². The van der Waals surface area contributed by atoms with Crippen LogP contribution in [0.4, 0.5) is 0 Å². The Kier molecular flexibility index (Phi) is 3.59. The van der Waals surface area contributed by atoms with Crippen LogP contribution in [-0.2, 0) is 9.53 Å². The summed E-state index contributed by atoms with van der Waals surface area (Å²) in [6.07, 6.45) is 3.06. The number of rotatable bonds is 2. The molecule has 0 aromatic rings. The van der Waals surface area contributed by atoms with Gasteiger partial charge < -0.3 is 15.4 Å². The Bertz CT molecular complexity index is 227. The maximum atomic E-state index is 11.9. The molecule has 0 saturated carbocycles. The monoisotopic (exact) mass is 212 g/mol. The van der Waals surface area contributed by atoms with Gasteiger partial charge in [-0.1, -0.05) is 0 Å². The Morgan fingerprint density at radius 3 is 2.67 bits per heavy atom. The van der Waals surface area contributed by atoms with E-state index in [1.165, 1.54) is 0 Å². The Balaban J connectivity index is 1.80. The summed E-state index contributed by atoms with van der Waals surface area (Å²) in [5, 5.41) is 6.42. The maximum absolute atomic E-state index is 11.9. The van der Waals surface area contributed by atoms with E-state index in [-0.39, 0.29) is 17.9 Å². The molecular formula is C11H20N2O2. The van der Waals surface area contributed by atoms with Gasteiger partial charge in [0.15, 0.2) is 0 Å². The second-order valence-electron chi connectivity index (χ2n) is 4.50. The molecule has 2 fully saturated rings. The third-order valence-electron chi connectivity index (χ3n) is 3.40. The fourth-order valence-corrected chi connectivity index (χ4v) is 2.35. The van der Waals surface area contributed by atoms with E-state index in [1.807, 2.05) is 6.92 Å². The zero-order valence-electron chi connectivity index (χ0n) is 9.29. The number of ether oxygens (including phenoxy) is 1. The molecule has 1 amide bonds. The van der Waals surface area contributed by atoms with Gasteiger partial charge in [-0.15, -0.1) is 0 Å². The van der Waals surface area contributed by atoms with Crippen LogP contribution in [-0.4, -0.2) is 37.7 Å². The molecule has 4 heteroatoms. The van der Waals surface area contributed by atoms with Gasteiger partial charge in [-0.25, -0.2) is 0 Å². The first-order valence-electron chi connectivity index (χ1n) is 5.90. The molecule has 2 aliphatic rings. The summed E-state index contributed by atoms with van der Waals surface area (Å²) in [7, 11) is 0. The minimum absolute atomic E-state index is 0.0693. The van der Waals surface area contributed by atoms with Gasteiger partial charge in [-0.3, -0.25) is 4.79 Å². The van der Waals surface area contributed by atoms with Crippen LogP contribution in [0.1, 0.15) is 26.2 Å². The molecule has 15 heavy (non-hydrogen) atoms. The van der Waals surface area contributed by atoms with E-state index in [0.717, 1.165) is 39.0 Å². The minimum Gasteiger partial charge on any atom is -0.378 e. The van der Waals surface area contributed by atoms with Crippen LogP contribution in [0.5, 0.6) is 0 Å². The van der Waals surface area contributed by atoms with Crippen molar-refractivity contribution in [3.05, 3.63) is 0 Å². The molecule has 0 aliphatic carbocycles. The molecule has 86 valence electrons. The molecule has 2 atom stereocenters. The standard InChI is InChI=1S/C11H20N2O2/c1-8-10(4-7-15-8)11(14)13-9-2-5-12-6-3-9/h8-10,12H,2-7H2,1H3,(H,13,14). The zero-order valence-corrected chi connectivity index (χ0v) is 9.29. The first-order valence-corrected chi connectivity index (χ1v) is 5.90.